The van der Waals surface area contributed by atoms with Crippen LogP contribution in [0.2, 0.25) is 0 Å². The van der Waals surface area contributed by atoms with Crippen molar-refractivity contribution in [3.05, 3.63) is 51.3 Å². The maximum absolute atomic E-state index is 12.7. The Bertz CT molecular complexity index is 966. The number of rotatable bonds is 7. The molecule has 6 nitrogen and oxygen atoms in total. The van der Waals surface area contributed by atoms with Crippen molar-refractivity contribution in [1.82, 2.24) is 19.8 Å². The van der Waals surface area contributed by atoms with E-state index in [4.69, 9.17) is 11.6 Å². The summed E-state index contributed by atoms with van der Waals surface area (Å²) in [5, 5.41) is 0.732. The number of fused-ring (bicyclic) bond motifs is 1. The summed E-state index contributed by atoms with van der Waals surface area (Å²) in [6, 6.07) is 6.03. The van der Waals surface area contributed by atoms with Gasteiger partial charge in [-0.3, -0.25) is 9.59 Å². The number of likely N-dealkylation sites (N-methyl/N-ethyl adjacent to an activating group) is 2. The molecule has 0 aliphatic heterocycles. The second kappa shape index (κ2) is 8.84. The number of thioether (sulfide) groups is 1. The molecule has 0 fully saturated rings. The molecule has 3 rings (SSSR count). The zero-order valence-corrected chi connectivity index (χ0v) is 17.7. The standard InChI is InChI=1S/C20H23ClN4O2S/c1-13-4-6-15-16(8-13)23-19(22-15)10-25(3)20(27)11-24(2)17-9-14(21)5-7-18(17)28-12-26/h4,6,8-9,12H,5,7,10-11H2,1-3H3,(H,22,23). The lowest BCUT2D eigenvalue weighted by atomic mass is 10.1. The average Bonchev–Trinajstić information content (AvgIpc) is 3.04. The second-order valence-corrected chi connectivity index (χ2v) is 8.33. The van der Waals surface area contributed by atoms with Crippen molar-refractivity contribution >= 4 is 45.9 Å². The van der Waals surface area contributed by atoms with Gasteiger partial charge in [0, 0.05) is 29.7 Å². The Balaban J connectivity index is 1.68. The Morgan fingerprint density at radius 3 is 2.89 bits per heavy atom. The molecule has 1 aliphatic carbocycles. The number of H-pyrrole nitrogens is 1. The van der Waals surface area contributed by atoms with Gasteiger partial charge in [0.15, 0.2) is 5.62 Å². The molecule has 1 heterocycles. The predicted octanol–water partition coefficient (Wildman–Crippen LogP) is 3.81. The predicted molar refractivity (Wildman–Crippen MR) is 114 cm³/mol. The molecule has 0 saturated carbocycles. The number of nitrogens with zero attached hydrogens (tertiary/aromatic N) is 3. The van der Waals surface area contributed by atoms with Gasteiger partial charge in [0.1, 0.15) is 5.82 Å². The molecule has 1 aliphatic rings. The molecule has 1 aromatic carbocycles. The summed E-state index contributed by atoms with van der Waals surface area (Å²) in [6.07, 6.45) is 3.26. The first-order valence-corrected chi connectivity index (χ1v) is 10.2. The van der Waals surface area contributed by atoms with E-state index in [1.165, 1.54) is 0 Å². The third-order valence-electron chi connectivity index (χ3n) is 4.64. The molecule has 148 valence electrons. The van der Waals surface area contributed by atoms with Gasteiger partial charge in [-0.25, -0.2) is 4.98 Å². The highest BCUT2D eigenvalue weighted by Crippen LogP contribution is 2.33. The van der Waals surface area contributed by atoms with Gasteiger partial charge in [-0.2, -0.15) is 0 Å². The second-order valence-electron chi connectivity index (χ2n) is 6.92. The van der Waals surface area contributed by atoms with E-state index in [9.17, 15) is 9.59 Å². The third-order valence-corrected chi connectivity index (χ3v) is 5.74. The van der Waals surface area contributed by atoms with Gasteiger partial charge in [0.05, 0.1) is 24.1 Å². The highest BCUT2D eigenvalue weighted by atomic mass is 35.5. The summed E-state index contributed by atoms with van der Waals surface area (Å²) in [5.74, 6) is 0.702. The summed E-state index contributed by atoms with van der Waals surface area (Å²) < 4.78 is 0. The van der Waals surface area contributed by atoms with Crippen LogP contribution in [0.5, 0.6) is 0 Å². The number of hydrogen-bond donors (Lipinski definition) is 1. The minimum absolute atomic E-state index is 0.0443. The smallest absolute Gasteiger partial charge is 0.242 e. The number of imidazole rings is 1. The first-order chi connectivity index (χ1) is 13.4. The lowest BCUT2D eigenvalue weighted by Gasteiger charge is -2.27. The number of allylic oxidation sites excluding steroid dienone is 3. The highest BCUT2D eigenvalue weighted by Gasteiger charge is 2.20. The van der Waals surface area contributed by atoms with E-state index >= 15 is 0 Å². The normalized spacial score (nSPS) is 14.2. The van der Waals surface area contributed by atoms with Crippen LogP contribution in [-0.2, 0) is 16.1 Å². The number of aromatic nitrogens is 2. The first kappa shape index (κ1) is 20.5. The fourth-order valence-electron chi connectivity index (χ4n) is 3.14. The lowest BCUT2D eigenvalue weighted by Crippen LogP contribution is -2.36. The van der Waals surface area contributed by atoms with Crippen LogP contribution in [0.25, 0.3) is 11.0 Å². The van der Waals surface area contributed by atoms with Crippen molar-refractivity contribution < 1.29 is 9.59 Å². The number of amides is 1. The van der Waals surface area contributed by atoms with Crippen LogP contribution in [0.15, 0.2) is 39.9 Å². The van der Waals surface area contributed by atoms with Crippen molar-refractivity contribution in [2.75, 3.05) is 20.6 Å². The molecule has 28 heavy (non-hydrogen) atoms. The van der Waals surface area contributed by atoms with Gasteiger partial charge in [-0.05, 0) is 43.5 Å². The molecule has 0 bridgehead atoms. The first-order valence-electron chi connectivity index (χ1n) is 8.97. The Kier molecular flexibility index (Phi) is 6.46. The quantitative estimate of drug-likeness (QED) is 0.692. The Morgan fingerprint density at radius 1 is 1.36 bits per heavy atom. The Morgan fingerprint density at radius 2 is 2.14 bits per heavy atom. The molecule has 1 aromatic heterocycles. The van der Waals surface area contributed by atoms with Gasteiger partial charge in [0.25, 0.3) is 0 Å². The van der Waals surface area contributed by atoms with Crippen LogP contribution in [0.3, 0.4) is 0 Å². The summed E-state index contributed by atoms with van der Waals surface area (Å²) in [5.41, 5.74) is 4.66. The molecule has 1 amide bonds. The number of carbonyl (C=O) groups is 2. The van der Waals surface area contributed by atoms with Gasteiger partial charge in [0.2, 0.25) is 5.91 Å². The van der Waals surface area contributed by atoms with Gasteiger partial charge < -0.3 is 14.8 Å². The molecule has 8 heteroatoms. The van der Waals surface area contributed by atoms with Crippen LogP contribution in [0.4, 0.5) is 0 Å². The molecule has 0 radical (unpaired) electrons. The molecular weight excluding hydrogens is 396 g/mol. The number of halogens is 1. The molecule has 0 unspecified atom stereocenters. The molecule has 0 atom stereocenters. The highest BCUT2D eigenvalue weighted by molar-refractivity contribution is 8.15. The molecular formula is C20H23ClN4O2S. The van der Waals surface area contributed by atoms with Crippen molar-refractivity contribution in [2.24, 2.45) is 0 Å². The lowest BCUT2D eigenvalue weighted by molar-refractivity contribution is -0.131. The van der Waals surface area contributed by atoms with E-state index in [0.717, 1.165) is 55.4 Å². The van der Waals surface area contributed by atoms with Crippen LogP contribution in [-0.4, -0.2) is 51.9 Å². The Labute approximate surface area is 173 Å². The number of aromatic amines is 1. The molecule has 0 spiro atoms. The topological polar surface area (TPSA) is 69.3 Å². The fourth-order valence-corrected chi connectivity index (χ4v) is 4.00. The third kappa shape index (κ3) is 4.77. The number of aryl methyl sites for hydroxylation is 1. The SMILES string of the molecule is Cc1ccc2nc(CN(C)C(=O)CN(C)C3=C(SC=O)CCC(Cl)=C3)[nH]c2c1. The summed E-state index contributed by atoms with van der Waals surface area (Å²) >= 11 is 7.32. The minimum Gasteiger partial charge on any atom is -0.365 e. The molecule has 1 N–H and O–H groups in total. The van der Waals surface area contributed by atoms with E-state index in [1.54, 1.807) is 11.9 Å². The van der Waals surface area contributed by atoms with Crippen molar-refractivity contribution in [3.8, 4) is 0 Å². The van der Waals surface area contributed by atoms with E-state index in [-0.39, 0.29) is 12.5 Å². The maximum atomic E-state index is 12.7. The number of hydrogen-bond acceptors (Lipinski definition) is 5. The van der Waals surface area contributed by atoms with Crippen molar-refractivity contribution in [1.29, 1.82) is 0 Å². The van der Waals surface area contributed by atoms with Gasteiger partial charge in [-0.15, -0.1) is 0 Å². The van der Waals surface area contributed by atoms with Crippen molar-refractivity contribution in [2.45, 2.75) is 26.3 Å². The number of benzene rings is 1. The maximum Gasteiger partial charge on any atom is 0.242 e. The monoisotopic (exact) mass is 418 g/mol. The van der Waals surface area contributed by atoms with Crippen molar-refractivity contribution in [3.63, 3.8) is 0 Å². The Hall–Kier alpha value is -2.25. The van der Waals surface area contributed by atoms with E-state index in [2.05, 4.69) is 9.97 Å². The summed E-state index contributed by atoms with van der Waals surface area (Å²) in [4.78, 5) is 35.9. The van der Waals surface area contributed by atoms with Crippen LogP contribution in [0.1, 0.15) is 24.2 Å². The largest absolute Gasteiger partial charge is 0.365 e. The minimum atomic E-state index is -0.0443. The average molecular weight is 419 g/mol. The zero-order valence-electron chi connectivity index (χ0n) is 16.2. The van der Waals surface area contributed by atoms with Crippen LogP contribution in [0, 0.1) is 6.92 Å². The van der Waals surface area contributed by atoms with Crippen LogP contribution >= 0.6 is 23.4 Å². The van der Waals surface area contributed by atoms with E-state index in [1.807, 2.05) is 43.1 Å². The molecule has 0 saturated heterocycles. The number of carbonyl (C=O) groups excluding carboxylic acids is 2. The number of nitrogens with one attached hydrogen (secondary N) is 1. The van der Waals surface area contributed by atoms with Gasteiger partial charge in [-0.1, -0.05) is 29.4 Å². The molecule has 2 aromatic rings. The fraction of sp³-hybridized carbons (Fsp3) is 0.350. The van der Waals surface area contributed by atoms with Gasteiger partial charge >= 0.3 is 0 Å². The summed E-state index contributed by atoms with van der Waals surface area (Å²) in [7, 11) is 3.59. The van der Waals surface area contributed by atoms with Crippen LogP contribution < -0.4 is 0 Å². The summed E-state index contributed by atoms with van der Waals surface area (Å²) in [6.45, 7) is 2.62. The van der Waals surface area contributed by atoms with E-state index in [0.29, 0.717) is 19.4 Å². The zero-order chi connectivity index (χ0) is 20.3. The van der Waals surface area contributed by atoms with E-state index < -0.39 is 0 Å².